The van der Waals surface area contributed by atoms with Crippen LogP contribution in [0.5, 0.6) is 5.75 Å². The molecule has 0 aliphatic carbocycles. The van der Waals surface area contributed by atoms with E-state index in [2.05, 4.69) is 33.1 Å². The lowest BCUT2D eigenvalue weighted by atomic mass is 10.2. The second-order valence-corrected chi connectivity index (χ2v) is 5.50. The first-order valence-electron chi connectivity index (χ1n) is 6.59. The normalized spacial score (nSPS) is 11.0. The molecule has 2 aromatic carbocycles. The molecule has 0 unspecified atom stereocenters. The van der Waals surface area contributed by atoms with Gasteiger partial charge in [-0.05, 0) is 52.4 Å². The Balaban J connectivity index is 1.91. The maximum absolute atomic E-state index is 11.9. The number of benzene rings is 2. The average molecular weight is 406 g/mol. The van der Waals surface area contributed by atoms with Gasteiger partial charge in [0.05, 0.1) is 10.7 Å². The molecule has 0 aliphatic rings. The summed E-state index contributed by atoms with van der Waals surface area (Å²) in [6.07, 6.45) is 5.22. The second-order valence-electron chi connectivity index (χ2n) is 4.34. The molecular formula is C17H15IN2O2. The number of carbonyl (C=O) groups excluding carboxylic acids is 1. The Bertz CT molecular complexity index is 697. The minimum Gasteiger partial charge on any atom is -0.496 e. The standard InChI is InChI=1S/C17H15IN2O2/c1-22-16-10-9-14(12-15(16)18)17(21)20-19-11-5-8-13-6-3-2-4-7-13/h2-12H,1H3,(H,20,21)/b8-5+,19-11+. The summed E-state index contributed by atoms with van der Waals surface area (Å²) in [6.45, 7) is 0. The van der Waals surface area contributed by atoms with Crippen molar-refractivity contribution >= 4 is 40.8 Å². The van der Waals surface area contributed by atoms with Crippen LogP contribution in [0.4, 0.5) is 0 Å². The summed E-state index contributed by atoms with van der Waals surface area (Å²) in [5.74, 6) is 0.483. The first-order valence-corrected chi connectivity index (χ1v) is 7.67. The number of rotatable bonds is 5. The van der Waals surface area contributed by atoms with Crippen LogP contribution in [0.1, 0.15) is 15.9 Å². The van der Waals surface area contributed by atoms with Gasteiger partial charge in [-0.1, -0.05) is 36.4 Å². The molecule has 0 heterocycles. The molecular weight excluding hydrogens is 391 g/mol. The van der Waals surface area contributed by atoms with Gasteiger partial charge in [0.25, 0.3) is 5.91 Å². The number of halogens is 1. The fraction of sp³-hybridized carbons (Fsp3) is 0.0588. The van der Waals surface area contributed by atoms with Gasteiger partial charge >= 0.3 is 0 Å². The topological polar surface area (TPSA) is 50.7 Å². The molecule has 2 rings (SSSR count). The maximum Gasteiger partial charge on any atom is 0.271 e. The summed E-state index contributed by atoms with van der Waals surface area (Å²) in [5, 5.41) is 3.89. The van der Waals surface area contributed by atoms with E-state index in [1.54, 1.807) is 37.6 Å². The molecule has 22 heavy (non-hydrogen) atoms. The number of amides is 1. The minimum absolute atomic E-state index is 0.259. The quantitative estimate of drug-likeness (QED) is 0.468. The fourth-order valence-electron chi connectivity index (χ4n) is 1.73. The number of carbonyl (C=O) groups is 1. The number of allylic oxidation sites excluding steroid dienone is 1. The van der Waals surface area contributed by atoms with Crippen molar-refractivity contribution in [3.8, 4) is 5.75 Å². The molecule has 4 nitrogen and oxygen atoms in total. The van der Waals surface area contributed by atoms with Gasteiger partial charge in [-0.25, -0.2) is 5.43 Å². The maximum atomic E-state index is 11.9. The van der Waals surface area contributed by atoms with Gasteiger partial charge in [0, 0.05) is 11.8 Å². The molecule has 0 saturated carbocycles. The van der Waals surface area contributed by atoms with Crippen LogP contribution in [-0.2, 0) is 0 Å². The van der Waals surface area contributed by atoms with Crippen molar-refractivity contribution in [2.24, 2.45) is 5.10 Å². The average Bonchev–Trinajstić information content (AvgIpc) is 2.55. The van der Waals surface area contributed by atoms with E-state index in [-0.39, 0.29) is 5.91 Å². The van der Waals surface area contributed by atoms with Gasteiger partial charge in [0.15, 0.2) is 0 Å². The molecule has 0 aliphatic heterocycles. The lowest BCUT2D eigenvalue weighted by Crippen LogP contribution is -2.17. The van der Waals surface area contributed by atoms with Crippen molar-refractivity contribution in [1.29, 1.82) is 0 Å². The third-order valence-corrected chi connectivity index (χ3v) is 3.67. The molecule has 0 aromatic heterocycles. The highest BCUT2D eigenvalue weighted by atomic mass is 127. The van der Waals surface area contributed by atoms with Crippen LogP contribution in [0.2, 0.25) is 0 Å². The lowest BCUT2D eigenvalue weighted by molar-refractivity contribution is 0.0955. The lowest BCUT2D eigenvalue weighted by Gasteiger charge is -2.05. The molecule has 0 spiro atoms. The van der Waals surface area contributed by atoms with E-state index in [4.69, 9.17) is 4.74 Å². The van der Waals surface area contributed by atoms with Crippen molar-refractivity contribution in [3.05, 3.63) is 69.3 Å². The second kappa shape index (κ2) is 8.33. The van der Waals surface area contributed by atoms with Crippen LogP contribution in [-0.4, -0.2) is 19.2 Å². The van der Waals surface area contributed by atoms with Crippen molar-refractivity contribution in [3.63, 3.8) is 0 Å². The van der Waals surface area contributed by atoms with E-state index in [0.29, 0.717) is 5.56 Å². The fourth-order valence-corrected chi connectivity index (χ4v) is 2.46. The van der Waals surface area contributed by atoms with Gasteiger partial charge in [-0.15, -0.1) is 0 Å². The third kappa shape index (κ3) is 4.70. The highest BCUT2D eigenvalue weighted by Gasteiger charge is 2.07. The van der Waals surface area contributed by atoms with E-state index in [9.17, 15) is 4.79 Å². The first kappa shape index (κ1) is 16.2. The Kier molecular flexibility index (Phi) is 6.14. The van der Waals surface area contributed by atoms with E-state index >= 15 is 0 Å². The number of nitrogens with one attached hydrogen (secondary N) is 1. The summed E-state index contributed by atoms with van der Waals surface area (Å²) in [5.41, 5.74) is 4.10. The number of hydrazone groups is 1. The zero-order valence-electron chi connectivity index (χ0n) is 12.0. The number of methoxy groups -OCH3 is 1. The molecule has 112 valence electrons. The monoisotopic (exact) mass is 406 g/mol. The summed E-state index contributed by atoms with van der Waals surface area (Å²) in [7, 11) is 1.60. The van der Waals surface area contributed by atoms with Crippen LogP contribution in [0, 0.1) is 3.57 Å². The summed E-state index contributed by atoms with van der Waals surface area (Å²) < 4.78 is 6.03. The summed E-state index contributed by atoms with van der Waals surface area (Å²) in [6, 6.07) is 15.1. The zero-order chi connectivity index (χ0) is 15.8. The Morgan fingerprint density at radius 2 is 2.00 bits per heavy atom. The highest BCUT2D eigenvalue weighted by Crippen LogP contribution is 2.21. The van der Waals surface area contributed by atoms with Gasteiger partial charge < -0.3 is 4.74 Å². The minimum atomic E-state index is -0.259. The van der Waals surface area contributed by atoms with Crippen LogP contribution in [0.3, 0.4) is 0 Å². The molecule has 1 N–H and O–H groups in total. The number of hydrogen-bond donors (Lipinski definition) is 1. The Morgan fingerprint density at radius 3 is 2.68 bits per heavy atom. The largest absolute Gasteiger partial charge is 0.496 e. The third-order valence-electron chi connectivity index (χ3n) is 2.83. The molecule has 2 aromatic rings. The van der Waals surface area contributed by atoms with Crippen molar-refractivity contribution in [2.45, 2.75) is 0 Å². The summed E-state index contributed by atoms with van der Waals surface area (Å²) in [4.78, 5) is 11.9. The molecule has 5 heteroatoms. The number of ether oxygens (including phenoxy) is 1. The highest BCUT2D eigenvalue weighted by molar-refractivity contribution is 14.1. The van der Waals surface area contributed by atoms with E-state index in [0.717, 1.165) is 14.9 Å². The smallest absolute Gasteiger partial charge is 0.271 e. The van der Waals surface area contributed by atoms with Crippen molar-refractivity contribution in [2.75, 3.05) is 7.11 Å². The molecule has 0 radical (unpaired) electrons. The molecule has 0 atom stereocenters. The van der Waals surface area contributed by atoms with Crippen LogP contribution in [0.25, 0.3) is 6.08 Å². The Hall–Kier alpha value is -2.15. The predicted molar refractivity (Wildman–Crippen MR) is 97.1 cm³/mol. The van der Waals surface area contributed by atoms with Crippen LogP contribution >= 0.6 is 22.6 Å². The van der Waals surface area contributed by atoms with E-state index in [1.165, 1.54) is 0 Å². The molecule has 1 amide bonds. The molecule has 0 fully saturated rings. The van der Waals surface area contributed by atoms with Crippen LogP contribution < -0.4 is 10.2 Å². The predicted octanol–water partition coefficient (Wildman–Crippen LogP) is 3.73. The van der Waals surface area contributed by atoms with E-state index in [1.807, 2.05) is 36.4 Å². The van der Waals surface area contributed by atoms with Gasteiger partial charge in [-0.2, -0.15) is 5.10 Å². The number of nitrogens with zero attached hydrogens (tertiary/aromatic N) is 1. The van der Waals surface area contributed by atoms with Gasteiger partial charge in [0.1, 0.15) is 5.75 Å². The SMILES string of the molecule is COc1ccc(C(=O)N/N=C/C=C/c2ccccc2)cc1I. The van der Waals surface area contributed by atoms with E-state index < -0.39 is 0 Å². The van der Waals surface area contributed by atoms with Crippen molar-refractivity contribution in [1.82, 2.24) is 5.43 Å². The molecule has 0 bridgehead atoms. The summed E-state index contributed by atoms with van der Waals surface area (Å²) >= 11 is 2.12. The Morgan fingerprint density at radius 1 is 1.23 bits per heavy atom. The zero-order valence-corrected chi connectivity index (χ0v) is 14.2. The van der Waals surface area contributed by atoms with Gasteiger partial charge in [-0.3, -0.25) is 4.79 Å². The number of hydrogen-bond acceptors (Lipinski definition) is 3. The van der Waals surface area contributed by atoms with Crippen molar-refractivity contribution < 1.29 is 9.53 Å². The van der Waals surface area contributed by atoms with Gasteiger partial charge in [0.2, 0.25) is 0 Å². The van der Waals surface area contributed by atoms with Crippen LogP contribution in [0.15, 0.2) is 59.7 Å². The first-order chi connectivity index (χ1) is 10.7. The molecule has 0 saturated heterocycles. The Labute approximate surface area is 143 Å².